The van der Waals surface area contributed by atoms with E-state index in [1.807, 2.05) is 24.3 Å². The van der Waals surface area contributed by atoms with Gasteiger partial charge in [0.05, 0.1) is 0 Å². The minimum absolute atomic E-state index is 0.314. The summed E-state index contributed by atoms with van der Waals surface area (Å²) in [7, 11) is 0. The van der Waals surface area contributed by atoms with Crippen molar-refractivity contribution in [2.24, 2.45) is 0 Å². The highest BCUT2D eigenvalue weighted by Crippen LogP contribution is 2.26. The quantitative estimate of drug-likeness (QED) is 0.811. The second-order valence-corrected chi connectivity index (χ2v) is 7.25. The Hall–Kier alpha value is -1.67. The van der Waals surface area contributed by atoms with E-state index in [2.05, 4.69) is 41.7 Å². The Kier molecular flexibility index (Phi) is 5.45. The SMILES string of the molecule is O=C(Nc1ccc(Br)cc1)Nc1nnc(N2CCCCCC2)s1. The van der Waals surface area contributed by atoms with Crippen molar-refractivity contribution in [3.05, 3.63) is 28.7 Å². The Morgan fingerprint density at radius 2 is 1.74 bits per heavy atom. The molecule has 1 aromatic carbocycles. The van der Waals surface area contributed by atoms with E-state index in [4.69, 9.17) is 0 Å². The molecule has 23 heavy (non-hydrogen) atoms. The Morgan fingerprint density at radius 3 is 2.43 bits per heavy atom. The molecule has 2 N–H and O–H groups in total. The predicted molar refractivity (Wildman–Crippen MR) is 97.4 cm³/mol. The summed E-state index contributed by atoms with van der Waals surface area (Å²) < 4.78 is 0.967. The van der Waals surface area contributed by atoms with Crippen LogP contribution in [0.1, 0.15) is 25.7 Å². The lowest BCUT2D eigenvalue weighted by atomic mass is 10.2. The van der Waals surface area contributed by atoms with Gasteiger partial charge in [0.25, 0.3) is 0 Å². The molecule has 1 aromatic heterocycles. The van der Waals surface area contributed by atoms with Crippen LogP contribution in [0.2, 0.25) is 0 Å². The van der Waals surface area contributed by atoms with Crippen LogP contribution in [0.15, 0.2) is 28.7 Å². The zero-order chi connectivity index (χ0) is 16.1. The first-order chi connectivity index (χ1) is 11.2. The molecule has 8 heteroatoms. The van der Waals surface area contributed by atoms with Crippen LogP contribution in [0.4, 0.5) is 20.7 Å². The number of benzene rings is 1. The van der Waals surface area contributed by atoms with E-state index >= 15 is 0 Å². The molecule has 2 amide bonds. The molecule has 6 nitrogen and oxygen atoms in total. The first-order valence-electron chi connectivity index (χ1n) is 7.63. The fourth-order valence-electron chi connectivity index (χ4n) is 2.45. The molecule has 1 aliphatic heterocycles. The van der Waals surface area contributed by atoms with Gasteiger partial charge >= 0.3 is 6.03 Å². The lowest BCUT2D eigenvalue weighted by Crippen LogP contribution is -2.23. The van der Waals surface area contributed by atoms with Crippen molar-refractivity contribution in [1.29, 1.82) is 0 Å². The number of amides is 2. The third-order valence-electron chi connectivity index (χ3n) is 3.61. The van der Waals surface area contributed by atoms with Crippen LogP contribution in [-0.2, 0) is 0 Å². The normalized spacial score (nSPS) is 15.1. The third-order valence-corrected chi connectivity index (χ3v) is 5.04. The minimum Gasteiger partial charge on any atom is -0.347 e. The second-order valence-electron chi connectivity index (χ2n) is 5.38. The lowest BCUT2D eigenvalue weighted by molar-refractivity contribution is 0.262. The first kappa shape index (κ1) is 16.2. The van der Waals surface area contributed by atoms with Gasteiger partial charge in [0.15, 0.2) is 0 Å². The molecule has 0 radical (unpaired) electrons. The van der Waals surface area contributed by atoms with Crippen molar-refractivity contribution in [3.63, 3.8) is 0 Å². The van der Waals surface area contributed by atoms with Gasteiger partial charge in [-0.25, -0.2) is 4.79 Å². The zero-order valence-corrected chi connectivity index (χ0v) is 15.0. The van der Waals surface area contributed by atoms with E-state index in [0.29, 0.717) is 5.13 Å². The van der Waals surface area contributed by atoms with E-state index in [1.54, 1.807) is 0 Å². The summed E-state index contributed by atoms with van der Waals surface area (Å²) in [6.07, 6.45) is 4.92. The summed E-state index contributed by atoms with van der Waals surface area (Å²) in [6.45, 7) is 2.03. The number of halogens is 1. The van der Waals surface area contributed by atoms with Crippen LogP contribution in [0.5, 0.6) is 0 Å². The Bertz CT molecular complexity index is 652. The van der Waals surface area contributed by atoms with E-state index < -0.39 is 0 Å². The van der Waals surface area contributed by atoms with E-state index in [1.165, 1.54) is 37.0 Å². The molecule has 2 aromatic rings. The monoisotopic (exact) mass is 395 g/mol. The van der Waals surface area contributed by atoms with Crippen molar-refractivity contribution in [2.75, 3.05) is 28.6 Å². The number of rotatable bonds is 3. The third kappa shape index (κ3) is 4.65. The fourth-order valence-corrected chi connectivity index (χ4v) is 3.50. The maximum atomic E-state index is 12.0. The molecule has 1 fully saturated rings. The van der Waals surface area contributed by atoms with Gasteiger partial charge < -0.3 is 10.2 Å². The average Bonchev–Trinajstić information content (AvgIpc) is 2.83. The average molecular weight is 396 g/mol. The van der Waals surface area contributed by atoms with E-state index in [9.17, 15) is 4.79 Å². The molecule has 0 saturated carbocycles. The maximum Gasteiger partial charge on any atom is 0.325 e. The van der Waals surface area contributed by atoms with Gasteiger partial charge in [0.2, 0.25) is 10.3 Å². The molecule has 0 bridgehead atoms. The number of hydrogen-bond acceptors (Lipinski definition) is 5. The summed E-state index contributed by atoms with van der Waals surface area (Å²) in [6, 6.07) is 7.08. The van der Waals surface area contributed by atoms with Gasteiger partial charge in [-0.15, -0.1) is 10.2 Å². The van der Waals surface area contributed by atoms with Crippen molar-refractivity contribution < 1.29 is 4.79 Å². The number of hydrogen-bond donors (Lipinski definition) is 2. The van der Waals surface area contributed by atoms with Gasteiger partial charge in [-0.05, 0) is 37.1 Å². The summed E-state index contributed by atoms with van der Waals surface area (Å²) in [5.41, 5.74) is 0.725. The van der Waals surface area contributed by atoms with Crippen LogP contribution >= 0.6 is 27.3 Å². The molecule has 0 spiro atoms. The predicted octanol–water partition coefficient (Wildman–Crippen LogP) is 4.33. The van der Waals surface area contributed by atoms with Gasteiger partial charge in [-0.1, -0.05) is 40.1 Å². The van der Waals surface area contributed by atoms with Crippen LogP contribution in [0, 0.1) is 0 Å². The Labute approximate surface area is 147 Å². The number of carbonyl (C=O) groups is 1. The Morgan fingerprint density at radius 1 is 1.04 bits per heavy atom. The summed E-state index contributed by atoms with van der Waals surface area (Å²) >= 11 is 4.78. The van der Waals surface area contributed by atoms with Crippen LogP contribution in [0.25, 0.3) is 0 Å². The van der Waals surface area contributed by atoms with Gasteiger partial charge in [0, 0.05) is 23.2 Å². The maximum absolute atomic E-state index is 12.0. The van der Waals surface area contributed by atoms with Crippen molar-refractivity contribution in [1.82, 2.24) is 10.2 Å². The summed E-state index contributed by atoms with van der Waals surface area (Å²) in [5.74, 6) is 0. The molecule has 3 rings (SSSR count). The smallest absolute Gasteiger partial charge is 0.325 e. The second kappa shape index (κ2) is 7.74. The van der Waals surface area contributed by atoms with E-state index in [-0.39, 0.29) is 6.03 Å². The van der Waals surface area contributed by atoms with Crippen LogP contribution in [-0.4, -0.2) is 29.3 Å². The Balaban J connectivity index is 1.57. The largest absolute Gasteiger partial charge is 0.347 e. The number of nitrogens with zero attached hydrogens (tertiary/aromatic N) is 3. The van der Waals surface area contributed by atoms with Crippen molar-refractivity contribution in [2.45, 2.75) is 25.7 Å². The number of nitrogens with one attached hydrogen (secondary N) is 2. The number of carbonyl (C=O) groups excluding carboxylic acids is 1. The molecule has 2 heterocycles. The number of anilines is 3. The molecule has 1 aliphatic rings. The topological polar surface area (TPSA) is 70.1 Å². The summed E-state index contributed by atoms with van der Waals surface area (Å²) in [4.78, 5) is 14.3. The van der Waals surface area contributed by atoms with E-state index in [0.717, 1.165) is 28.4 Å². The number of urea groups is 1. The molecule has 0 atom stereocenters. The molecule has 0 unspecified atom stereocenters. The molecular formula is C15H18BrN5OS. The summed E-state index contributed by atoms with van der Waals surface area (Å²) in [5, 5.41) is 15.2. The molecule has 122 valence electrons. The first-order valence-corrected chi connectivity index (χ1v) is 9.24. The number of aromatic nitrogens is 2. The fraction of sp³-hybridized carbons (Fsp3) is 0.400. The minimum atomic E-state index is -0.314. The van der Waals surface area contributed by atoms with Crippen LogP contribution in [0.3, 0.4) is 0 Å². The van der Waals surface area contributed by atoms with Crippen molar-refractivity contribution in [3.8, 4) is 0 Å². The lowest BCUT2D eigenvalue weighted by Gasteiger charge is -2.17. The zero-order valence-electron chi connectivity index (χ0n) is 12.6. The highest BCUT2D eigenvalue weighted by molar-refractivity contribution is 9.10. The molecule has 0 aliphatic carbocycles. The molecular weight excluding hydrogens is 378 g/mol. The van der Waals surface area contributed by atoms with Gasteiger partial charge in [-0.2, -0.15) is 0 Å². The van der Waals surface area contributed by atoms with Crippen LogP contribution < -0.4 is 15.5 Å². The van der Waals surface area contributed by atoms with Gasteiger partial charge in [0.1, 0.15) is 0 Å². The standard InChI is InChI=1S/C15H18BrN5OS/c16-11-5-7-12(8-6-11)17-13(22)18-14-19-20-15(23-14)21-9-3-1-2-4-10-21/h5-8H,1-4,9-10H2,(H2,17,18,19,22). The van der Waals surface area contributed by atoms with Gasteiger partial charge in [-0.3, -0.25) is 5.32 Å². The highest BCUT2D eigenvalue weighted by atomic mass is 79.9. The molecule has 1 saturated heterocycles. The van der Waals surface area contributed by atoms with Crippen molar-refractivity contribution >= 4 is 49.2 Å². The highest BCUT2D eigenvalue weighted by Gasteiger charge is 2.15.